The fraction of sp³-hybridized carbons (Fsp3) is 0.167. The van der Waals surface area contributed by atoms with E-state index in [1.165, 1.54) is 0 Å². The Kier molecular flexibility index (Phi) is 5.24. The summed E-state index contributed by atoms with van der Waals surface area (Å²) < 4.78 is 0. The molecule has 18 heavy (non-hydrogen) atoms. The van der Waals surface area contributed by atoms with Crippen LogP contribution in [0.15, 0.2) is 30.8 Å². The topological polar surface area (TPSA) is 104 Å². The number of hydrogen-bond donors (Lipinski definition) is 2. The summed E-state index contributed by atoms with van der Waals surface area (Å²) in [7, 11) is 0. The van der Waals surface area contributed by atoms with E-state index < -0.39 is 0 Å². The third kappa shape index (κ3) is 4.56. The summed E-state index contributed by atoms with van der Waals surface area (Å²) >= 11 is 0. The molecule has 6 heteroatoms. The summed E-state index contributed by atoms with van der Waals surface area (Å²) in [5, 5.41) is 14.8. The van der Waals surface area contributed by atoms with E-state index in [4.69, 9.17) is 11.5 Å². The van der Waals surface area contributed by atoms with Gasteiger partial charge < -0.3 is 11.5 Å². The van der Waals surface area contributed by atoms with Gasteiger partial charge in [0.1, 0.15) is 11.6 Å². The van der Waals surface area contributed by atoms with Crippen LogP contribution in [0.4, 0.5) is 11.6 Å². The summed E-state index contributed by atoms with van der Waals surface area (Å²) in [5.74, 6) is 0.910. The van der Waals surface area contributed by atoms with Crippen LogP contribution in [0.5, 0.6) is 0 Å². The lowest BCUT2D eigenvalue weighted by Gasteiger charge is -1.91. The van der Waals surface area contributed by atoms with E-state index >= 15 is 0 Å². The van der Waals surface area contributed by atoms with Crippen molar-refractivity contribution >= 4 is 17.7 Å². The average molecular weight is 244 g/mol. The third-order valence-corrected chi connectivity index (χ3v) is 2.02. The second kappa shape index (κ2) is 6.95. The van der Waals surface area contributed by atoms with Crippen LogP contribution in [-0.2, 0) is 6.42 Å². The molecule has 0 aromatic carbocycles. The largest absolute Gasteiger partial charge is 0.382 e. The van der Waals surface area contributed by atoms with Crippen molar-refractivity contribution in [3.8, 4) is 0 Å². The second-order valence-corrected chi connectivity index (χ2v) is 3.39. The van der Waals surface area contributed by atoms with E-state index in [-0.39, 0.29) is 0 Å². The molecule has 0 atom stereocenters. The SMILES string of the molecule is C=Cc1ccc(N)nn1.CCc1ccc(N)nn1. The zero-order chi connectivity index (χ0) is 13.4. The monoisotopic (exact) mass is 244 g/mol. The first-order chi connectivity index (χ1) is 8.65. The highest BCUT2D eigenvalue weighted by atomic mass is 15.1. The van der Waals surface area contributed by atoms with Crippen molar-refractivity contribution in [2.45, 2.75) is 13.3 Å². The Labute approximate surface area is 106 Å². The molecule has 4 N–H and O–H groups in total. The Hall–Kier alpha value is -2.50. The number of rotatable bonds is 2. The molecule has 2 aromatic rings. The first-order valence-electron chi connectivity index (χ1n) is 5.45. The standard InChI is InChI=1S/C6H9N3.C6H7N3/c2*1-2-5-3-4-6(7)9-8-5/h3-4H,2H2,1H3,(H2,7,9);2-4H,1H2,(H2,7,9). The Bertz CT molecular complexity index is 477. The Morgan fingerprint density at radius 1 is 1.00 bits per heavy atom. The molecule has 0 spiro atoms. The number of nitrogen functional groups attached to an aromatic ring is 2. The Morgan fingerprint density at radius 2 is 1.61 bits per heavy atom. The molecule has 0 saturated heterocycles. The number of anilines is 2. The third-order valence-electron chi connectivity index (χ3n) is 2.02. The van der Waals surface area contributed by atoms with E-state index in [1.54, 1.807) is 24.3 Å². The van der Waals surface area contributed by atoms with Crippen molar-refractivity contribution in [2.75, 3.05) is 11.5 Å². The molecule has 0 aliphatic rings. The Morgan fingerprint density at radius 3 is 2.00 bits per heavy atom. The molecule has 6 nitrogen and oxygen atoms in total. The lowest BCUT2D eigenvalue weighted by molar-refractivity contribution is 0.926. The molecule has 0 bridgehead atoms. The van der Waals surface area contributed by atoms with Gasteiger partial charge in [0.05, 0.1) is 11.4 Å². The summed E-state index contributed by atoms with van der Waals surface area (Å²) in [6, 6.07) is 7.08. The molecular weight excluding hydrogens is 228 g/mol. The van der Waals surface area contributed by atoms with Crippen LogP contribution in [0.2, 0.25) is 0 Å². The maximum atomic E-state index is 5.31. The molecule has 2 rings (SSSR count). The predicted octanol–water partition coefficient (Wildman–Crippen LogP) is 1.32. The van der Waals surface area contributed by atoms with E-state index in [0.29, 0.717) is 11.6 Å². The van der Waals surface area contributed by atoms with Crippen molar-refractivity contribution in [3.63, 3.8) is 0 Å². The van der Waals surface area contributed by atoms with Gasteiger partial charge in [-0.2, -0.15) is 5.10 Å². The lowest BCUT2D eigenvalue weighted by atomic mass is 10.3. The highest BCUT2D eigenvalue weighted by Gasteiger charge is 1.88. The summed E-state index contributed by atoms with van der Waals surface area (Å²) in [6.07, 6.45) is 2.53. The van der Waals surface area contributed by atoms with Crippen molar-refractivity contribution in [1.29, 1.82) is 0 Å². The smallest absolute Gasteiger partial charge is 0.146 e. The lowest BCUT2D eigenvalue weighted by Crippen LogP contribution is -1.94. The molecule has 0 fully saturated rings. The van der Waals surface area contributed by atoms with Gasteiger partial charge in [0, 0.05) is 0 Å². The molecule has 94 valence electrons. The van der Waals surface area contributed by atoms with Gasteiger partial charge in [-0.25, -0.2) is 0 Å². The van der Waals surface area contributed by atoms with Gasteiger partial charge in [-0.1, -0.05) is 13.5 Å². The van der Waals surface area contributed by atoms with E-state index in [0.717, 1.165) is 17.8 Å². The van der Waals surface area contributed by atoms with Gasteiger partial charge in [-0.05, 0) is 36.8 Å². The van der Waals surface area contributed by atoms with Crippen LogP contribution in [0.3, 0.4) is 0 Å². The fourth-order valence-electron chi connectivity index (χ4n) is 1.02. The highest BCUT2D eigenvalue weighted by Crippen LogP contribution is 1.97. The van der Waals surface area contributed by atoms with Crippen molar-refractivity contribution in [2.24, 2.45) is 0 Å². The van der Waals surface area contributed by atoms with Gasteiger partial charge in [0.2, 0.25) is 0 Å². The van der Waals surface area contributed by atoms with Crippen LogP contribution in [0.25, 0.3) is 6.08 Å². The first-order valence-corrected chi connectivity index (χ1v) is 5.45. The minimum absolute atomic E-state index is 0.431. The molecule has 2 aromatic heterocycles. The van der Waals surface area contributed by atoms with Crippen molar-refractivity contribution in [1.82, 2.24) is 20.4 Å². The number of hydrogen-bond acceptors (Lipinski definition) is 6. The number of nitrogens with two attached hydrogens (primary N) is 2. The van der Waals surface area contributed by atoms with Crippen LogP contribution in [-0.4, -0.2) is 20.4 Å². The highest BCUT2D eigenvalue weighted by molar-refractivity contribution is 5.42. The van der Waals surface area contributed by atoms with Crippen LogP contribution >= 0.6 is 0 Å². The van der Waals surface area contributed by atoms with E-state index in [1.807, 2.05) is 13.0 Å². The predicted molar refractivity (Wildman–Crippen MR) is 72.4 cm³/mol. The quantitative estimate of drug-likeness (QED) is 0.825. The summed E-state index contributed by atoms with van der Waals surface area (Å²) in [6.45, 7) is 5.55. The zero-order valence-corrected chi connectivity index (χ0v) is 10.2. The summed E-state index contributed by atoms with van der Waals surface area (Å²) in [5.41, 5.74) is 12.3. The minimum Gasteiger partial charge on any atom is -0.382 e. The van der Waals surface area contributed by atoms with Gasteiger partial charge in [-0.15, -0.1) is 15.3 Å². The number of aromatic nitrogens is 4. The Balaban J connectivity index is 0.000000180. The van der Waals surface area contributed by atoms with Crippen molar-refractivity contribution < 1.29 is 0 Å². The molecule has 0 unspecified atom stereocenters. The van der Waals surface area contributed by atoms with Crippen LogP contribution < -0.4 is 11.5 Å². The second-order valence-electron chi connectivity index (χ2n) is 3.39. The van der Waals surface area contributed by atoms with Crippen LogP contribution in [0.1, 0.15) is 18.3 Å². The normalized spacial score (nSPS) is 9.17. The van der Waals surface area contributed by atoms with Gasteiger partial charge in [0.25, 0.3) is 0 Å². The first kappa shape index (κ1) is 13.6. The molecule has 2 heterocycles. The molecule has 0 radical (unpaired) electrons. The van der Waals surface area contributed by atoms with E-state index in [2.05, 4.69) is 27.0 Å². The fourth-order valence-corrected chi connectivity index (χ4v) is 1.02. The summed E-state index contributed by atoms with van der Waals surface area (Å²) in [4.78, 5) is 0. The molecule has 0 amide bonds. The van der Waals surface area contributed by atoms with Crippen molar-refractivity contribution in [3.05, 3.63) is 42.2 Å². The number of nitrogens with zero attached hydrogens (tertiary/aromatic N) is 4. The zero-order valence-electron chi connectivity index (χ0n) is 10.2. The molecule has 0 aliphatic carbocycles. The number of aryl methyl sites for hydroxylation is 1. The van der Waals surface area contributed by atoms with Gasteiger partial charge in [-0.3, -0.25) is 0 Å². The average Bonchev–Trinajstić information content (AvgIpc) is 2.41. The van der Waals surface area contributed by atoms with Gasteiger partial charge in [0.15, 0.2) is 0 Å². The molecule has 0 saturated carbocycles. The maximum absolute atomic E-state index is 5.31. The van der Waals surface area contributed by atoms with Gasteiger partial charge >= 0.3 is 0 Å². The van der Waals surface area contributed by atoms with E-state index in [9.17, 15) is 0 Å². The molecular formula is C12H16N6. The maximum Gasteiger partial charge on any atom is 0.146 e. The minimum atomic E-state index is 0.431. The van der Waals surface area contributed by atoms with Crippen LogP contribution in [0, 0.1) is 0 Å². The molecule has 0 aliphatic heterocycles.